The Balaban J connectivity index is 3.34. The number of nitrogens with zero attached hydrogens (tertiary/aromatic N) is 1. The summed E-state index contributed by atoms with van der Waals surface area (Å²) in [5.74, 6) is 0.552. The van der Waals surface area contributed by atoms with Crippen LogP contribution in [0.2, 0.25) is 0 Å². The Morgan fingerprint density at radius 2 is 1.63 bits per heavy atom. The van der Waals surface area contributed by atoms with E-state index in [-0.39, 0.29) is 0 Å². The molecule has 1 aromatic rings. The quantitative estimate of drug-likeness (QED) is 0.638. The lowest BCUT2D eigenvalue weighted by Gasteiger charge is -2.32. The van der Waals surface area contributed by atoms with E-state index < -0.39 is 0 Å². The highest BCUT2D eigenvalue weighted by molar-refractivity contribution is 5.56. The molecule has 0 saturated heterocycles. The molecule has 1 rings (SSSR count). The first-order valence-corrected chi connectivity index (χ1v) is 7.16. The van der Waals surface area contributed by atoms with Crippen molar-refractivity contribution in [3.05, 3.63) is 53.8 Å². The summed E-state index contributed by atoms with van der Waals surface area (Å²) in [4.78, 5) is 2.41. The van der Waals surface area contributed by atoms with E-state index in [0.29, 0.717) is 12.0 Å². The fraction of sp³-hybridized carbons (Fsp3) is 0.444. The highest BCUT2D eigenvalue weighted by Crippen LogP contribution is 2.27. The molecule has 1 heteroatoms. The Kier molecular flexibility index (Phi) is 5.88. The smallest absolute Gasteiger partial charge is 0.0413 e. The molecule has 0 saturated carbocycles. The summed E-state index contributed by atoms with van der Waals surface area (Å²) in [6, 6.07) is 11.1. The van der Waals surface area contributed by atoms with Crippen LogP contribution in [-0.4, -0.2) is 6.04 Å². The third kappa shape index (κ3) is 3.99. The summed E-state index contributed by atoms with van der Waals surface area (Å²) in [6.45, 7) is 13.3. The summed E-state index contributed by atoms with van der Waals surface area (Å²) in [6.07, 6.45) is 4.35. The van der Waals surface area contributed by atoms with Gasteiger partial charge in [0.05, 0.1) is 0 Å². The molecule has 0 amide bonds. The van der Waals surface area contributed by atoms with Gasteiger partial charge in [0, 0.05) is 17.4 Å². The molecule has 0 aliphatic carbocycles. The van der Waals surface area contributed by atoms with Crippen molar-refractivity contribution in [2.75, 3.05) is 4.90 Å². The predicted octanol–water partition coefficient (Wildman–Crippen LogP) is 5.41. The van der Waals surface area contributed by atoms with Crippen LogP contribution in [0.3, 0.4) is 0 Å². The number of anilines is 1. The zero-order valence-corrected chi connectivity index (χ0v) is 13.1. The van der Waals surface area contributed by atoms with E-state index >= 15 is 0 Å². The Hall–Kier alpha value is -1.50. The maximum atomic E-state index is 2.41. The molecule has 1 nitrogen and oxygen atoms in total. The summed E-state index contributed by atoms with van der Waals surface area (Å²) in [7, 11) is 0. The van der Waals surface area contributed by atoms with E-state index in [4.69, 9.17) is 0 Å². The lowest BCUT2D eigenvalue weighted by Crippen LogP contribution is -2.30. The van der Waals surface area contributed by atoms with Gasteiger partial charge in [-0.1, -0.05) is 38.1 Å². The van der Waals surface area contributed by atoms with E-state index in [1.54, 1.807) is 0 Å². The van der Waals surface area contributed by atoms with Crippen molar-refractivity contribution in [2.24, 2.45) is 5.92 Å². The Morgan fingerprint density at radius 1 is 1.05 bits per heavy atom. The van der Waals surface area contributed by atoms with Gasteiger partial charge in [-0.2, -0.15) is 0 Å². The molecule has 0 aromatic heterocycles. The van der Waals surface area contributed by atoms with Gasteiger partial charge in [0.25, 0.3) is 0 Å². The number of hydrogen-bond donors (Lipinski definition) is 0. The molecule has 0 radical (unpaired) electrons. The van der Waals surface area contributed by atoms with E-state index in [0.717, 1.165) is 0 Å². The fourth-order valence-electron chi connectivity index (χ4n) is 2.16. The average molecular weight is 257 g/mol. The van der Waals surface area contributed by atoms with Crippen molar-refractivity contribution >= 4 is 5.69 Å². The van der Waals surface area contributed by atoms with Gasteiger partial charge in [-0.25, -0.2) is 0 Å². The van der Waals surface area contributed by atoms with Crippen LogP contribution < -0.4 is 4.90 Å². The predicted molar refractivity (Wildman–Crippen MR) is 86.4 cm³/mol. The summed E-state index contributed by atoms with van der Waals surface area (Å²) >= 11 is 0. The van der Waals surface area contributed by atoms with E-state index in [1.807, 2.05) is 0 Å². The summed E-state index contributed by atoms with van der Waals surface area (Å²) in [5.41, 5.74) is 4.00. The molecule has 0 unspecified atom stereocenters. The molecule has 0 fully saturated rings. The van der Waals surface area contributed by atoms with Crippen LogP contribution in [0, 0.1) is 5.92 Å². The van der Waals surface area contributed by atoms with Crippen molar-refractivity contribution in [3.8, 4) is 0 Å². The Bertz CT molecular complexity index is 438. The topological polar surface area (TPSA) is 3.24 Å². The van der Waals surface area contributed by atoms with Crippen LogP contribution in [0.15, 0.2) is 53.8 Å². The molecule has 0 N–H and O–H groups in total. The molecule has 0 aliphatic rings. The van der Waals surface area contributed by atoms with Gasteiger partial charge in [0.1, 0.15) is 0 Å². The minimum atomic E-state index is 0.433. The normalized spacial score (nSPS) is 13.3. The Morgan fingerprint density at radius 3 is 2.05 bits per heavy atom. The minimum absolute atomic E-state index is 0.433. The van der Waals surface area contributed by atoms with Gasteiger partial charge in [-0.05, 0) is 57.4 Å². The van der Waals surface area contributed by atoms with E-state index in [1.165, 1.54) is 17.0 Å². The van der Waals surface area contributed by atoms with E-state index in [9.17, 15) is 0 Å². The van der Waals surface area contributed by atoms with Gasteiger partial charge >= 0.3 is 0 Å². The first kappa shape index (κ1) is 15.6. The maximum absolute atomic E-state index is 2.41. The first-order chi connectivity index (χ1) is 8.99. The van der Waals surface area contributed by atoms with Crippen LogP contribution in [0.1, 0.15) is 41.5 Å². The summed E-state index contributed by atoms with van der Waals surface area (Å²) < 4.78 is 0. The third-order valence-corrected chi connectivity index (χ3v) is 3.40. The number of allylic oxidation sites excluding steroid dienone is 3. The average Bonchev–Trinajstić information content (AvgIpc) is 2.38. The molecule has 0 spiro atoms. The second-order valence-corrected chi connectivity index (χ2v) is 5.52. The highest BCUT2D eigenvalue weighted by Gasteiger charge is 2.16. The lowest BCUT2D eigenvalue weighted by atomic mass is 10.0. The van der Waals surface area contributed by atoms with Crippen molar-refractivity contribution in [3.63, 3.8) is 0 Å². The minimum Gasteiger partial charge on any atom is -0.339 e. The first-order valence-electron chi connectivity index (χ1n) is 7.16. The molecule has 0 heterocycles. The number of para-hydroxylation sites is 1. The number of rotatable bonds is 5. The SMILES string of the molecule is C/C=C\C(=C(/C)C(C)C)N(c1ccccc1)C(C)C. The zero-order chi connectivity index (χ0) is 14.4. The summed E-state index contributed by atoms with van der Waals surface area (Å²) in [5, 5.41) is 0. The molecular formula is C18H27N. The van der Waals surface area contributed by atoms with Gasteiger partial charge in [-0.15, -0.1) is 0 Å². The molecular weight excluding hydrogens is 230 g/mol. The van der Waals surface area contributed by atoms with Crippen molar-refractivity contribution < 1.29 is 0 Å². The second kappa shape index (κ2) is 7.18. The number of benzene rings is 1. The molecule has 19 heavy (non-hydrogen) atoms. The highest BCUT2D eigenvalue weighted by atomic mass is 15.2. The van der Waals surface area contributed by atoms with E-state index in [2.05, 4.69) is 88.9 Å². The van der Waals surface area contributed by atoms with Crippen LogP contribution in [0.5, 0.6) is 0 Å². The van der Waals surface area contributed by atoms with Crippen LogP contribution in [-0.2, 0) is 0 Å². The largest absolute Gasteiger partial charge is 0.339 e. The third-order valence-electron chi connectivity index (χ3n) is 3.40. The van der Waals surface area contributed by atoms with Crippen LogP contribution in [0.25, 0.3) is 0 Å². The van der Waals surface area contributed by atoms with Crippen molar-refractivity contribution in [2.45, 2.75) is 47.6 Å². The number of hydrogen-bond acceptors (Lipinski definition) is 1. The van der Waals surface area contributed by atoms with Crippen molar-refractivity contribution in [1.82, 2.24) is 0 Å². The molecule has 0 atom stereocenters. The van der Waals surface area contributed by atoms with Gasteiger partial charge in [-0.3, -0.25) is 0 Å². The molecule has 1 aromatic carbocycles. The lowest BCUT2D eigenvalue weighted by molar-refractivity contribution is 0.713. The molecule has 104 valence electrons. The Labute approximate surface area is 118 Å². The van der Waals surface area contributed by atoms with Crippen LogP contribution >= 0.6 is 0 Å². The zero-order valence-electron chi connectivity index (χ0n) is 13.1. The van der Waals surface area contributed by atoms with Gasteiger partial charge < -0.3 is 4.90 Å². The maximum Gasteiger partial charge on any atom is 0.0413 e. The second-order valence-electron chi connectivity index (χ2n) is 5.52. The van der Waals surface area contributed by atoms with Crippen LogP contribution in [0.4, 0.5) is 5.69 Å². The van der Waals surface area contributed by atoms with Gasteiger partial charge in [0.2, 0.25) is 0 Å². The molecule has 0 bridgehead atoms. The van der Waals surface area contributed by atoms with Gasteiger partial charge in [0.15, 0.2) is 0 Å². The fourth-order valence-corrected chi connectivity index (χ4v) is 2.16. The standard InChI is InChI=1S/C18H27N/c1-7-11-18(16(6)14(2)3)19(15(4)5)17-12-9-8-10-13-17/h7-15H,1-6H3/b11-7-,18-16-. The molecule has 0 aliphatic heterocycles. The monoisotopic (exact) mass is 257 g/mol. The van der Waals surface area contributed by atoms with Crippen molar-refractivity contribution in [1.29, 1.82) is 0 Å².